The molecule has 4 atom stereocenters. The first-order valence-electron chi connectivity index (χ1n) is 6.68. The van der Waals surface area contributed by atoms with Crippen LogP contribution in [0, 0.1) is 17.3 Å². The Morgan fingerprint density at radius 3 is 2.95 bits per heavy atom. The summed E-state index contributed by atoms with van der Waals surface area (Å²) in [5.41, 5.74) is 1.54. The van der Waals surface area contributed by atoms with Crippen molar-refractivity contribution in [3.05, 3.63) is 23.3 Å². The van der Waals surface area contributed by atoms with E-state index in [0.29, 0.717) is 5.57 Å². The fourth-order valence-corrected chi connectivity index (χ4v) is 3.86. The van der Waals surface area contributed by atoms with E-state index < -0.39 is 6.10 Å². The summed E-state index contributed by atoms with van der Waals surface area (Å²) in [5.74, 6) is -0.782. The first-order chi connectivity index (χ1) is 9.00. The van der Waals surface area contributed by atoms with Crippen LogP contribution in [0.1, 0.15) is 26.7 Å². The molecule has 0 spiro atoms. The third kappa shape index (κ3) is 1.46. The number of allylic oxidation sites excluding steroid dienone is 2. The molecule has 102 valence electrons. The predicted molar refractivity (Wildman–Crippen MR) is 68.1 cm³/mol. The molecule has 0 aromatic carbocycles. The second kappa shape index (κ2) is 3.95. The minimum absolute atomic E-state index is 0.180. The molecule has 2 heterocycles. The maximum Gasteiger partial charge on any atom is 0.337 e. The Kier molecular flexibility index (Phi) is 2.59. The summed E-state index contributed by atoms with van der Waals surface area (Å²) in [6.45, 7) is 4.19. The van der Waals surface area contributed by atoms with E-state index in [9.17, 15) is 9.59 Å². The van der Waals surface area contributed by atoms with Crippen LogP contribution in [0.2, 0.25) is 0 Å². The van der Waals surface area contributed by atoms with Gasteiger partial charge in [0.05, 0.1) is 18.6 Å². The molecule has 0 unspecified atom stereocenters. The van der Waals surface area contributed by atoms with Crippen LogP contribution in [0.25, 0.3) is 0 Å². The molecule has 2 bridgehead atoms. The van der Waals surface area contributed by atoms with Crippen molar-refractivity contribution >= 4 is 11.9 Å². The van der Waals surface area contributed by atoms with Gasteiger partial charge >= 0.3 is 11.9 Å². The molecule has 1 saturated heterocycles. The number of hydrogen-bond acceptors (Lipinski definition) is 4. The summed E-state index contributed by atoms with van der Waals surface area (Å²) < 4.78 is 10.3. The molecule has 1 fully saturated rings. The zero-order valence-corrected chi connectivity index (χ0v) is 11.4. The zero-order valence-electron chi connectivity index (χ0n) is 11.4. The van der Waals surface area contributed by atoms with Crippen LogP contribution in [-0.4, -0.2) is 25.2 Å². The van der Waals surface area contributed by atoms with Crippen LogP contribution in [0.3, 0.4) is 0 Å². The highest BCUT2D eigenvalue weighted by Gasteiger charge is 2.59. The highest BCUT2D eigenvalue weighted by atomic mass is 16.6. The first kappa shape index (κ1) is 12.5. The SMILES string of the molecule is COC(=O)C1=C[C@H]2C(=O)O[C@@H]1[C@@H]1CCC=C(C)[C@]21C. The van der Waals surface area contributed by atoms with Gasteiger partial charge in [-0.2, -0.15) is 0 Å². The van der Waals surface area contributed by atoms with Crippen LogP contribution in [0.5, 0.6) is 0 Å². The number of carbonyl (C=O) groups excluding carboxylic acids is 2. The Morgan fingerprint density at radius 1 is 1.53 bits per heavy atom. The van der Waals surface area contributed by atoms with Crippen LogP contribution in [0.15, 0.2) is 23.3 Å². The number of fused-ring (bicyclic) bond motifs is 1. The lowest BCUT2D eigenvalue weighted by atomic mass is 9.53. The smallest absolute Gasteiger partial charge is 0.337 e. The fraction of sp³-hybridized carbons (Fsp3) is 0.600. The molecule has 0 saturated carbocycles. The second-order valence-corrected chi connectivity index (χ2v) is 5.80. The maximum atomic E-state index is 12.1. The first-order valence-corrected chi connectivity index (χ1v) is 6.68. The van der Waals surface area contributed by atoms with Gasteiger partial charge in [-0.1, -0.05) is 24.6 Å². The monoisotopic (exact) mass is 262 g/mol. The van der Waals surface area contributed by atoms with Crippen molar-refractivity contribution in [3.63, 3.8) is 0 Å². The van der Waals surface area contributed by atoms with Crippen LogP contribution in [-0.2, 0) is 19.1 Å². The standard InChI is InChI=1S/C15H18O4/c1-8-5-4-6-10-12-9(13(16)18-3)7-11(14(17)19-12)15(8,10)2/h5,7,10-12H,4,6H2,1-3H3/t10-,11-,12-,15-/m0/s1. The minimum atomic E-state index is -0.446. The number of rotatable bonds is 1. The third-order valence-corrected chi connectivity index (χ3v) is 5.13. The molecule has 4 aliphatic rings. The molecule has 2 aliphatic carbocycles. The molecule has 4 rings (SSSR count). The molecule has 0 N–H and O–H groups in total. The molecule has 4 nitrogen and oxygen atoms in total. The Bertz CT molecular complexity index is 516. The lowest BCUT2D eigenvalue weighted by molar-refractivity contribution is -0.178. The van der Waals surface area contributed by atoms with Crippen molar-refractivity contribution in [3.8, 4) is 0 Å². The normalized spacial score (nSPS) is 39.9. The molecular weight excluding hydrogens is 244 g/mol. The summed E-state index contributed by atoms with van der Waals surface area (Å²) in [4.78, 5) is 23.9. The van der Waals surface area contributed by atoms with Crippen molar-refractivity contribution in [2.75, 3.05) is 7.11 Å². The van der Waals surface area contributed by atoms with Crippen LogP contribution >= 0.6 is 0 Å². The lowest BCUT2D eigenvalue weighted by Crippen LogP contribution is -2.58. The average molecular weight is 262 g/mol. The summed E-state index contributed by atoms with van der Waals surface area (Å²) >= 11 is 0. The maximum absolute atomic E-state index is 12.1. The van der Waals surface area contributed by atoms with Gasteiger partial charge in [0.1, 0.15) is 6.10 Å². The summed E-state index contributed by atoms with van der Waals surface area (Å²) in [7, 11) is 1.36. The van der Waals surface area contributed by atoms with Gasteiger partial charge in [0.25, 0.3) is 0 Å². The second-order valence-electron chi connectivity index (χ2n) is 5.80. The Labute approximate surface area is 112 Å². The largest absolute Gasteiger partial charge is 0.466 e. The number of methoxy groups -OCH3 is 1. The van der Waals surface area contributed by atoms with E-state index in [0.717, 1.165) is 12.8 Å². The molecular formula is C15H18O4. The molecule has 0 aromatic rings. The fourth-order valence-electron chi connectivity index (χ4n) is 3.86. The van der Waals surface area contributed by atoms with E-state index in [1.54, 1.807) is 6.08 Å². The van der Waals surface area contributed by atoms with E-state index in [2.05, 4.69) is 19.9 Å². The summed E-state index contributed by atoms with van der Waals surface area (Å²) in [6.07, 6.45) is 5.44. The van der Waals surface area contributed by atoms with Gasteiger partial charge in [0.2, 0.25) is 0 Å². The van der Waals surface area contributed by atoms with Gasteiger partial charge in [-0.25, -0.2) is 4.79 Å². The molecule has 0 amide bonds. The number of esters is 2. The highest BCUT2D eigenvalue weighted by Crippen LogP contribution is 2.57. The van der Waals surface area contributed by atoms with Crippen molar-refractivity contribution in [2.24, 2.45) is 17.3 Å². The van der Waals surface area contributed by atoms with E-state index in [-0.39, 0.29) is 29.2 Å². The van der Waals surface area contributed by atoms with Crippen LogP contribution in [0.4, 0.5) is 0 Å². The molecule has 0 aromatic heterocycles. The van der Waals surface area contributed by atoms with Crippen LogP contribution < -0.4 is 0 Å². The van der Waals surface area contributed by atoms with Gasteiger partial charge < -0.3 is 9.47 Å². The number of hydrogen-bond donors (Lipinski definition) is 0. The molecule has 19 heavy (non-hydrogen) atoms. The zero-order chi connectivity index (χ0) is 13.8. The van der Waals surface area contributed by atoms with Crippen molar-refractivity contribution in [1.82, 2.24) is 0 Å². The molecule has 2 aliphatic heterocycles. The van der Waals surface area contributed by atoms with Gasteiger partial charge in [-0.3, -0.25) is 4.79 Å². The lowest BCUT2D eigenvalue weighted by Gasteiger charge is -2.54. The van der Waals surface area contributed by atoms with Crippen molar-refractivity contribution in [1.29, 1.82) is 0 Å². The Balaban J connectivity index is 2.12. The van der Waals surface area contributed by atoms with Gasteiger partial charge in [-0.15, -0.1) is 0 Å². The quantitative estimate of drug-likeness (QED) is 0.536. The number of carbonyl (C=O) groups is 2. The van der Waals surface area contributed by atoms with E-state index in [1.165, 1.54) is 12.7 Å². The van der Waals surface area contributed by atoms with Gasteiger partial charge in [0, 0.05) is 11.3 Å². The van der Waals surface area contributed by atoms with E-state index in [4.69, 9.17) is 9.47 Å². The molecule has 0 radical (unpaired) electrons. The summed E-state index contributed by atoms with van der Waals surface area (Å²) in [5, 5.41) is 0. The Hall–Kier alpha value is -1.58. The minimum Gasteiger partial charge on any atom is -0.466 e. The van der Waals surface area contributed by atoms with Crippen molar-refractivity contribution < 1.29 is 19.1 Å². The molecule has 4 heteroatoms. The van der Waals surface area contributed by atoms with Crippen molar-refractivity contribution in [2.45, 2.75) is 32.8 Å². The van der Waals surface area contributed by atoms with Gasteiger partial charge in [0.15, 0.2) is 0 Å². The summed E-state index contributed by atoms with van der Waals surface area (Å²) in [6, 6.07) is 0. The van der Waals surface area contributed by atoms with E-state index >= 15 is 0 Å². The number of ether oxygens (including phenoxy) is 2. The topological polar surface area (TPSA) is 52.6 Å². The van der Waals surface area contributed by atoms with E-state index in [1.807, 2.05) is 0 Å². The third-order valence-electron chi connectivity index (χ3n) is 5.13. The predicted octanol–water partition coefficient (Wildman–Crippen LogP) is 2.00. The Morgan fingerprint density at radius 2 is 2.26 bits per heavy atom. The van der Waals surface area contributed by atoms with Gasteiger partial charge in [-0.05, 0) is 19.8 Å². The average Bonchev–Trinajstić information content (AvgIpc) is 2.40. The highest BCUT2D eigenvalue weighted by molar-refractivity contribution is 5.94.